The molecule has 1 N–H and O–H groups in total. The predicted octanol–water partition coefficient (Wildman–Crippen LogP) is 3.16. The molecule has 3 atom stereocenters. The number of esters is 2. The molecule has 0 saturated carbocycles. The van der Waals surface area contributed by atoms with Crippen LogP contribution in [0.5, 0.6) is 0 Å². The number of carbonyl (C=O) groups is 2. The van der Waals surface area contributed by atoms with Crippen molar-refractivity contribution in [2.75, 3.05) is 6.61 Å². The van der Waals surface area contributed by atoms with Crippen molar-refractivity contribution in [1.29, 1.82) is 0 Å². The molecule has 9 nitrogen and oxygen atoms in total. The number of ether oxygens (including phenoxy) is 3. The van der Waals surface area contributed by atoms with Gasteiger partial charge in [0, 0.05) is 18.7 Å². The molecule has 196 valence electrons. The van der Waals surface area contributed by atoms with E-state index in [9.17, 15) is 19.2 Å². The second-order valence-electron chi connectivity index (χ2n) is 9.94. The number of hydrogen-bond donors (Lipinski definition) is 1. The lowest BCUT2D eigenvalue weighted by molar-refractivity contribution is -0.0840. The van der Waals surface area contributed by atoms with Gasteiger partial charge < -0.3 is 14.2 Å². The van der Waals surface area contributed by atoms with Gasteiger partial charge in [-0.05, 0) is 24.3 Å². The fraction of sp³-hybridized carbons (Fsp3) is 0.286. The van der Waals surface area contributed by atoms with Crippen molar-refractivity contribution >= 4 is 20.0 Å². The summed E-state index contributed by atoms with van der Waals surface area (Å²) in [6, 6.07) is 18.1. The average Bonchev–Trinajstić information content (AvgIpc) is 3.24. The van der Waals surface area contributed by atoms with Crippen LogP contribution in [0.2, 0.25) is 19.6 Å². The summed E-state index contributed by atoms with van der Waals surface area (Å²) in [5.41, 5.74) is 0.979. The Labute approximate surface area is 220 Å². The Balaban J connectivity index is 1.73. The fourth-order valence-corrected chi connectivity index (χ4v) is 4.51. The molecule has 1 aliphatic heterocycles. The van der Waals surface area contributed by atoms with Crippen LogP contribution in [-0.4, -0.2) is 47.9 Å². The second kappa shape index (κ2) is 11.0. The lowest BCUT2D eigenvalue weighted by atomic mass is 9.97. The highest BCUT2D eigenvalue weighted by Crippen LogP contribution is 2.41. The number of nitrogens with zero attached hydrogens (tertiary/aromatic N) is 1. The number of benzene rings is 2. The molecule has 0 unspecified atom stereocenters. The number of H-pyrrole nitrogens is 1. The van der Waals surface area contributed by atoms with E-state index in [1.807, 2.05) is 19.6 Å². The fourth-order valence-electron chi connectivity index (χ4n) is 3.93. The van der Waals surface area contributed by atoms with E-state index in [1.165, 1.54) is 12.3 Å². The second-order valence-corrected chi connectivity index (χ2v) is 14.7. The molecule has 4 rings (SSSR count). The lowest BCUT2D eigenvalue weighted by Crippen LogP contribution is -2.44. The molecule has 2 heterocycles. The van der Waals surface area contributed by atoms with Gasteiger partial charge in [0.1, 0.15) is 14.7 Å². The summed E-state index contributed by atoms with van der Waals surface area (Å²) >= 11 is 0. The molecule has 0 amide bonds. The maximum absolute atomic E-state index is 13.2. The van der Waals surface area contributed by atoms with E-state index in [2.05, 4.69) is 16.4 Å². The third-order valence-corrected chi connectivity index (χ3v) is 6.57. The summed E-state index contributed by atoms with van der Waals surface area (Å²) in [7, 11) is -2.00. The van der Waals surface area contributed by atoms with Crippen LogP contribution in [-0.2, 0) is 14.2 Å². The Morgan fingerprint density at radius 3 is 2.18 bits per heavy atom. The summed E-state index contributed by atoms with van der Waals surface area (Å²) in [5, 5.41) is 0. The summed E-state index contributed by atoms with van der Waals surface area (Å²) in [6.07, 6.45) is -0.665. The van der Waals surface area contributed by atoms with Gasteiger partial charge in [-0.3, -0.25) is 14.3 Å². The van der Waals surface area contributed by atoms with Gasteiger partial charge >= 0.3 is 17.6 Å². The average molecular weight is 533 g/mol. The van der Waals surface area contributed by atoms with Crippen molar-refractivity contribution in [2.45, 2.75) is 44.0 Å². The third kappa shape index (κ3) is 6.37. The van der Waals surface area contributed by atoms with Gasteiger partial charge in [0.15, 0.2) is 6.23 Å². The standard InChI is InChI=1S/C28H28N2O7Si/c1-38(2,3)17-15-28(37-25(33)21-12-8-5-9-13-21)18-22(19-35-24(32)20-10-6-4-7-11-20)36-26(28)30-16-14-23(31)29-27(30)34/h4-14,16,22,26H,18-19H2,1-3H3,(H,29,31,34)/t22-,26+,28+/m0/s1. The van der Waals surface area contributed by atoms with Crippen molar-refractivity contribution in [3.05, 3.63) is 105 Å². The number of hydrogen-bond acceptors (Lipinski definition) is 7. The first kappa shape index (κ1) is 26.8. The maximum Gasteiger partial charge on any atom is 0.339 e. The molecule has 0 aliphatic carbocycles. The molecular formula is C28H28N2O7Si. The summed E-state index contributed by atoms with van der Waals surface area (Å²) in [5.74, 6) is 1.93. The molecule has 0 bridgehead atoms. The molecule has 0 spiro atoms. The topological polar surface area (TPSA) is 117 Å². The third-order valence-electron chi connectivity index (χ3n) is 5.70. The molecular weight excluding hydrogens is 504 g/mol. The number of carbonyl (C=O) groups excluding carboxylic acids is 2. The Morgan fingerprint density at radius 1 is 1.00 bits per heavy atom. The van der Waals surface area contributed by atoms with E-state index in [0.29, 0.717) is 11.1 Å². The monoisotopic (exact) mass is 532 g/mol. The Bertz CT molecular complexity index is 1480. The molecule has 1 aliphatic rings. The minimum atomic E-state index is -2.00. The van der Waals surface area contributed by atoms with Crippen LogP contribution in [0.3, 0.4) is 0 Å². The highest BCUT2D eigenvalue weighted by atomic mass is 28.3. The largest absolute Gasteiger partial charge is 0.459 e. The smallest absolute Gasteiger partial charge is 0.339 e. The maximum atomic E-state index is 13.2. The summed E-state index contributed by atoms with van der Waals surface area (Å²) in [4.78, 5) is 52.5. The van der Waals surface area contributed by atoms with Gasteiger partial charge in [-0.15, -0.1) is 5.54 Å². The molecule has 38 heavy (non-hydrogen) atoms. The van der Waals surface area contributed by atoms with E-state index >= 15 is 0 Å². The van der Waals surface area contributed by atoms with Gasteiger partial charge in [0.05, 0.1) is 17.2 Å². The van der Waals surface area contributed by atoms with Gasteiger partial charge in [-0.1, -0.05) is 62.0 Å². The quantitative estimate of drug-likeness (QED) is 0.294. The number of aromatic nitrogens is 2. The van der Waals surface area contributed by atoms with E-state index in [-0.39, 0.29) is 13.0 Å². The van der Waals surface area contributed by atoms with Crippen molar-refractivity contribution in [3.63, 3.8) is 0 Å². The summed E-state index contributed by atoms with van der Waals surface area (Å²) in [6.45, 7) is 5.93. The van der Waals surface area contributed by atoms with Crippen LogP contribution in [0.4, 0.5) is 0 Å². The van der Waals surface area contributed by atoms with Crippen molar-refractivity contribution in [2.24, 2.45) is 0 Å². The van der Waals surface area contributed by atoms with Gasteiger partial charge in [-0.25, -0.2) is 14.4 Å². The van der Waals surface area contributed by atoms with Crippen molar-refractivity contribution in [3.8, 4) is 11.5 Å². The molecule has 1 fully saturated rings. The van der Waals surface area contributed by atoms with Crippen LogP contribution in [0, 0.1) is 11.5 Å². The zero-order chi connectivity index (χ0) is 27.3. The SMILES string of the molecule is C[Si](C)(C)C#C[C@@]1(OC(=O)c2ccccc2)C[C@@H](COC(=O)c2ccccc2)O[C@H]1n1ccc(=O)[nH]c1=O. The van der Waals surface area contributed by atoms with Crippen LogP contribution in [0.25, 0.3) is 0 Å². The summed E-state index contributed by atoms with van der Waals surface area (Å²) < 4.78 is 18.8. The Morgan fingerprint density at radius 2 is 1.61 bits per heavy atom. The first-order chi connectivity index (χ1) is 18.1. The highest BCUT2D eigenvalue weighted by Gasteiger charge is 2.53. The molecule has 2 aromatic carbocycles. The Hall–Kier alpha value is -4.20. The first-order valence-corrected chi connectivity index (χ1v) is 15.6. The minimum Gasteiger partial charge on any atom is -0.459 e. The van der Waals surface area contributed by atoms with Crippen LogP contribution < -0.4 is 11.2 Å². The van der Waals surface area contributed by atoms with Crippen LogP contribution in [0.1, 0.15) is 33.4 Å². The predicted molar refractivity (Wildman–Crippen MR) is 142 cm³/mol. The van der Waals surface area contributed by atoms with Gasteiger partial charge in [-0.2, -0.15) is 0 Å². The van der Waals surface area contributed by atoms with Crippen molar-refractivity contribution in [1.82, 2.24) is 9.55 Å². The van der Waals surface area contributed by atoms with E-state index in [4.69, 9.17) is 14.2 Å². The highest BCUT2D eigenvalue weighted by molar-refractivity contribution is 6.83. The lowest BCUT2D eigenvalue weighted by Gasteiger charge is -2.30. The van der Waals surface area contributed by atoms with Crippen LogP contribution in [0.15, 0.2) is 82.5 Å². The Kier molecular flexibility index (Phi) is 7.80. The molecule has 10 heteroatoms. The van der Waals surface area contributed by atoms with Crippen LogP contribution >= 0.6 is 0 Å². The zero-order valence-corrected chi connectivity index (χ0v) is 22.3. The van der Waals surface area contributed by atoms with Gasteiger partial charge in [0.2, 0.25) is 5.60 Å². The number of nitrogens with one attached hydrogen (secondary N) is 1. The van der Waals surface area contributed by atoms with E-state index in [1.54, 1.807) is 60.7 Å². The first-order valence-electron chi connectivity index (χ1n) is 12.1. The number of rotatable bonds is 6. The molecule has 0 radical (unpaired) electrons. The number of aromatic amines is 1. The normalized spacial score (nSPS) is 20.7. The van der Waals surface area contributed by atoms with E-state index < -0.39 is 49.2 Å². The van der Waals surface area contributed by atoms with E-state index in [0.717, 1.165) is 4.57 Å². The van der Waals surface area contributed by atoms with Gasteiger partial charge in [0.25, 0.3) is 5.56 Å². The zero-order valence-electron chi connectivity index (χ0n) is 21.3. The molecule has 3 aromatic rings. The minimum absolute atomic E-state index is 0.0291. The molecule has 1 aromatic heterocycles. The van der Waals surface area contributed by atoms with Crippen molar-refractivity contribution < 1.29 is 23.8 Å². The molecule has 1 saturated heterocycles.